The fourth-order valence-electron chi connectivity index (χ4n) is 1.52. The van der Waals surface area contributed by atoms with Gasteiger partial charge in [-0.1, -0.05) is 12.1 Å². The van der Waals surface area contributed by atoms with Crippen LogP contribution in [0.4, 0.5) is 5.69 Å². The first-order valence-corrected chi connectivity index (χ1v) is 6.13. The molecule has 0 saturated carbocycles. The van der Waals surface area contributed by atoms with Crippen LogP contribution in [0, 0.1) is 0 Å². The average Bonchev–Trinajstić information content (AvgIpc) is 2.36. The smallest absolute Gasteiger partial charge is 0.224 e. The Hall–Kier alpha value is -1.39. The Morgan fingerprint density at radius 3 is 2.44 bits per heavy atom. The van der Waals surface area contributed by atoms with Crippen molar-refractivity contribution in [3.8, 4) is 0 Å². The van der Waals surface area contributed by atoms with E-state index >= 15 is 0 Å². The number of aliphatic hydroxyl groups is 1. The monoisotopic (exact) mass is 251 g/mol. The van der Waals surface area contributed by atoms with E-state index in [0.29, 0.717) is 12.8 Å². The van der Waals surface area contributed by atoms with Crippen LogP contribution in [0.5, 0.6) is 0 Å². The molecule has 18 heavy (non-hydrogen) atoms. The molecule has 0 aliphatic heterocycles. The van der Waals surface area contributed by atoms with E-state index in [2.05, 4.69) is 5.32 Å². The number of carbonyl (C=O) groups is 1. The van der Waals surface area contributed by atoms with Gasteiger partial charge in [0.15, 0.2) is 0 Å². The minimum Gasteiger partial charge on any atom is -0.389 e. The van der Waals surface area contributed by atoms with Gasteiger partial charge >= 0.3 is 0 Å². The summed E-state index contributed by atoms with van der Waals surface area (Å²) in [6.07, 6.45) is 0.743. The molecule has 0 aliphatic carbocycles. The molecule has 0 heterocycles. The summed E-state index contributed by atoms with van der Waals surface area (Å²) in [5, 5.41) is 12.2. The van der Waals surface area contributed by atoms with Crippen LogP contribution in [0.25, 0.3) is 0 Å². The molecule has 1 rings (SSSR count). The van der Waals surface area contributed by atoms with Gasteiger partial charge in [-0.25, -0.2) is 0 Å². The lowest BCUT2D eigenvalue weighted by atomic mass is 10.1. The molecule has 1 aromatic rings. The molecule has 4 nitrogen and oxygen atoms in total. The van der Waals surface area contributed by atoms with Crippen molar-refractivity contribution >= 4 is 11.6 Å². The van der Waals surface area contributed by atoms with E-state index in [-0.39, 0.29) is 12.0 Å². The fraction of sp³-hybridized carbons (Fsp3) is 0.500. The van der Waals surface area contributed by atoms with Crippen molar-refractivity contribution in [2.45, 2.75) is 38.9 Å². The van der Waals surface area contributed by atoms with E-state index in [1.165, 1.54) is 0 Å². The third kappa shape index (κ3) is 4.85. The summed E-state index contributed by atoms with van der Waals surface area (Å²) in [6.45, 7) is 3.64. The zero-order valence-electron chi connectivity index (χ0n) is 11.1. The number of anilines is 1. The Labute approximate surface area is 108 Å². The summed E-state index contributed by atoms with van der Waals surface area (Å²) >= 11 is 0. The number of methoxy groups -OCH3 is 1. The van der Waals surface area contributed by atoms with Crippen LogP contribution in [0.2, 0.25) is 0 Å². The van der Waals surface area contributed by atoms with Gasteiger partial charge in [-0.2, -0.15) is 0 Å². The van der Waals surface area contributed by atoms with Gasteiger partial charge in [0.2, 0.25) is 5.91 Å². The van der Waals surface area contributed by atoms with Gasteiger partial charge in [-0.15, -0.1) is 0 Å². The van der Waals surface area contributed by atoms with E-state index in [4.69, 9.17) is 4.74 Å². The number of hydrogen-bond donors (Lipinski definition) is 2. The Balaban J connectivity index is 2.44. The Morgan fingerprint density at radius 2 is 1.94 bits per heavy atom. The molecule has 2 atom stereocenters. The van der Waals surface area contributed by atoms with Gasteiger partial charge in [0.05, 0.1) is 12.2 Å². The zero-order valence-corrected chi connectivity index (χ0v) is 11.1. The molecular weight excluding hydrogens is 230 g/mol. The lowest BCUT2D eigenvalue weighted by molar-refractivity contribution is -0.116. The second-order valence-electron chi connectivity index (χ2n) is 4.43. The molecule has 1 aromatic carbocycles. The topological polar surface area (TPSA) is 58.6 Å². The zero-order chi connectivity index (χ0) is 13.5. The maximum Gasteiger partial charge on any atom is 0.224 e. The van der Waals surface area contributed by atoms with Crippen LogP contribution in [0.1, 0.15) is 38.4 Å². The van der Waals surface area contributed by atoms with Crippen LogP contribution >= 0.6 is 0 Å². The molecule has 2 N–H and O–H groups in total. The summed E-state index contributed by atoms with van der Waals surface area (Å²) < 4.78 is 5.09. The molecule has 4 heteroatoms. The van der Waals surface area contributed by atoms with Crippen molar-refractivity contribution in [1.29, 1.82) is 0 Å². The maximum absolute atomic E-state index is 11.6. The van der Waals surface area contributed by atoms with Crippen LogP contribution in [0.15, 0.2) is 24.3 Å². The number of benzene rings is 1. The highest BCUT2D eigenvalue weighted by Gasteiger charge is 2.06. The highest BCUT2D eigenvalue weighted by atomic mass is 16.5. The minimum absolute atomic E-state index is 0.0244. The van der Waals surface area contributed by atoms with E-state index < -0.39 is 6.10 Å². The number of hydrogen-bond acceptors (Lipinski definition) is 3. The van der Waals surface area contributed by atoms with E-state index in [9.17, 15) is 9.90 Å². The van der Waals surface area contributed by atoms with Crippen molar-refractivity contribution in [1.82, 2.24) is 0 Å². The number of carbonyl (C=O) groups excluding carboxylic acids is 1. The largest absolute Gasteiger partial charge is 0.389 e. The molecule has 0 aliphatic rings. The quantitative estimate of drug-likeness (QED) is 0.816. The van der Waals surface area contributed by atoms with Crippen molar-refractivity contribution < 1.29 is 14.6 Å². The minimum atomic E-state index is -0.489. The van der Waals surface area contributed by atoms with Gasteiger partial charge < -0.3 is 15.2 Å². The predicted octanol–water partition coefficient (Wildman–Crippen LogP) is 2.49. The normalized spacial score (nSPS) is 14.0. The number of rotatable bonds is 6. The van der Waals surface area contributed by atoms with Crippen molar-refractivity contribution in [3.05, 3.63) is 29.8 Å². The highest BCUT2D eigenvalue weighted by molar-refractivity contribution is 5.90. The number of amides is 1. The van der Waals surface area contributed by atoms with Crippen LogP contribution in [0.3, 0.4) is 0 Å². The van der Waals surface area contributed by atoms with Gasteiger partial charge in [0.25, 0.3) is 0 Å². The third-order valence-corrected chi connectivity index (χ3v) is 2.86. The second kappa shape index (κ2) is 7.13. The van der Waals surface area contributed by atoms with Gasteiger partial charge in [0, 0.05) is 19.2 Å². The van der Waals surface area contributed by atoms with Crippen molar-refractivity contribution in [2.75, 3.05) is 12.4 Å². The highest BCUT2D eigenvalue weighted by Crippen LogP contribution is 2.16. The fourth-order valence-corrected chi connectivity index (χ4v) is 1.52. The average molecular weight is 251 g/mol. The maximum atomic E-state index is 11.6. The summed E-state index contributed by atoms with van der Waals surface area (Å²) in [7, 11) is 1.64. The SMILES string of the molecule is COC(C)CCC(=O)Nc1ccc(C(C)O)cc1. The third-order valence-electron chi connectivity index (χ3n) is 2.86. The van der Waals surface area contributed by atoms with Crippen LogP contribution in [-0.4, -0.2) is 24.2 Å². The molecule has 2 unspecified atom stereocenters. The molecule has 0 aromatic heterocycles. The molecule has 0 saturated heterocycles. The molecule has 0 spiro atoms. The second-order valence-corrected chi connectivity index (χ2v) is 4.43. The Bertz CT molecular complexity index is 373. The van der Waals surface area contributed by atoms with Gasteiger partial charge in [-0.3, -0.25) is 4.79 Å². The first-order valence-electron chi connectivity index (χ1n) is 6.13. The molecule has 0 fully saturated rings. The lowest BCUT2D eigenvalue weighted by Gasteiger charge is -2.10. The lowest BCUT2D eigenvalue weighted by Crippen LogP contribution is -2.15. The van der Waals surface area contributed by atoms with Crippen molar-refractivity contribution in [2.24, 2.45) is 0 Å². The number of ether oxygens (including phenoxy) is 1. The summed E-state index contributed by atoms with van der Waals surface area (Å²) in [4.78, 5) is 11.6. The number of aliphatic hydroxyl groups excluding tert-OH is 1. The number of nitrogens with one attached hydrogen (secondary N) is 1. The summed E-state index contributed by atoms with van der Waals surface area (Å²) in [5.74, 6) is -0.0244. The first kappa shape index (κ1) is 14.7. The molecule has 0 bridgehead atoms. The molecule has 1 amide bonds. The molecular formula is C14H21NO3. The molecule has 0 radical (unpaired) electrons. The molecule has 100 valence electrons. The Morgan fingerprint density at radius 1 is 1.33 bits per heavy atom. The summed E-state index contributed by atoms with van der Waals surface area (Å²) in [6, 6.07) is 7.19. The van der Waals surface area contributed by atoms with E-state index in [0.717, 1.165) is 11.3 Å². The van der Waals surface area contributed by atoms with E-state index in [1.807, 2.05) is 6.92 Å². The van der Waals surface area contributed by atoms with E-state index in [1.54, 1.807) is 38.3 Å². The van der Waals surface area contributed by atoms with Gasteiger partial charge in [-0.05, 0) is 38.0 Å². The Kier molecular flexibility index (Phi) is 5.82. The van der Waals surface area contributed by atoms with Crippen molar-refractivity contribution in [3.63, 3.8) is 0 Å². The first-order chi connectivity index (χ1) is 8.52. The van der Waals surface area contributed by atoms with Crippen LogP contribution in [-0.2, 0) is 9.53 Å². The van der Waals surface area contributed by atoms with Crippen LogP contribution < -0.4 is 5.32 Å². The standard InChI is InChI=1S/C14H21NO3/c1-10(18-3)4-9-14(17)15-13-7-5-12(6-8-13)11(2)16/h5-8,10-11,16H,4,9H2,1-3H3,(H,15,17). The van der Waals surface area contributed by atoms with Gasteiger partial charge in [0.1, 0.15) is 0 Å². The predicted molar refractivity (Wildman–Crippen MR) is 71.4 cm³/mol. The summed E-state index contributed by atoms with van der Waals surface area (Å²) in [5.41, 5.74) is 1.58.